The summed E-state index contributed by atoms with van der Waals surface area (Å²) in [4.78, 5) is 11.1. The van der Waals surface area contributed by atoms with E-state index in [2.05, 4.69) is 59.2 Å². The Balaban J connectivity index is 2.05. The first-order valence-corrected chi connectivity index (χ1v) is 7.38. The zero-order valence-corrected chi connectivity index (χ0v) is 13.1. The number of hydrogen-bond acceptors (Lipinski definition) is 5. The van der Waals surface area contributed by atoms with Crippen molar-refractivity contribution in [2.24, 2.45) is 0 Å². The molecule has 0 spiro atoms. The first-order valence-electron chi connectivity index (χ1n) is 7.38. The average Bonchev–Trinajstić information content (AvgIpc) is 2.35. The minimum atomic E-state index is 0.0993. The van der Waals surface area contributed by atoms with Gasteiger partial charge in [-0.25, -0.2) is 4.98 Å². The van der Waals surface area contributed by atoms with Crippen LogP contribution in [0.2, 0.25) is 0 Å². The van der Waals surface area contributed by atoms with Gasteiger partial charge in [0.05, 0.1) is 5.52 Å². The molecule has 1 aliphatic rings. The number of fused-ring (bicyclic) bond motifs is 1. The molecule has 1 aromatic heterocycles. The van der Waals surface area contributed by atoms with Gasteiger partial charge < -0.3 is 16.0 Å². The molecular formula is C16H23N5. The van der Waals surface area contributed by atoms with Gasteiger partial charge in [0.25, 0.3) is 0 Å². The lowest BCUT2D eigenvalue weighted by Crippen LogP contribution is -2.57. The van der Waals surface area contributed by atoms with Crippen LogP contribution in [0.15, 0.2) is 18.2 Å². The Kier molecular flexibility index (Phi) is 3.24. The molecule has 1 aliphatic heterocycles. The molecule has 0 bridgehead atoms. The van der Waals surface area contributed by atoms with Crippen LogP contribution >= 0.6 is 0 Å². The van der Waals surface area contributed by atoms with E-state index in [4.69, 9.17) is 5.73 Å². The van der Waals surface area contributed by atoms with Crippen molar-refractivity contribution in [1.29, 1.82) is 0 Å². The molecule has 0 amide bonds. The summed E-state index contributed by atoms with van der Waals surface area (Å²) in [7, 11) is 1.99. The fourth-order valence-electron chi connectivity index (χ4n) is 2.67. The Bertz CT molecular complexity index is 668. The van der Waals surface area contributed by atoms with Crippen LogP contribution in [0.1, 0.15) is 26.3 Å². The van der Waals surface area contributed by atoms with Crippen LogP contribution < -0.4 is 16.0 Å². The quantitative estimate of drug-likeness (QED) is 0.882. The van der Waals surface area contributed by atoms with Crippen molar-refractivity contribution in [2.45, 2.75) is 32.2 Å². The zero-order chi connectivity index (χ0) is 15.2. The summed E-state index contributed by atoms with van der Waals surface area (Å²) in [5.41, 5.74) is 8.19. The lowest BCUT2D eigenvalue weighted by molar-refractivity contribution is 0.448. The minimum Gasteiger partial charge on any atom is -0.368 e. The Morgan fingerprint density at radius 3 is 2.57 bits per heavy atom. The number of hydrogen-bond donors (Lipinski definition) is 2. The second-order valence-electron chi connectivity index (χ2n) is 6.78. The van der Waals surface area contributed by atoms with E-state index >= 15 is 0 Å². The van der Waals surface area contributed by atoms with E-state index in [1.807, 2.05) is 7.05 Å². The predicted molar refractivity (Wildman–Crippen MR) is 87.7 cm³/mol. The minimum absolute atomic E-state index is 0.0993. The van der Waals surface area contributed by atoms with Crippen LogP contribution in [0.5, 0.6) is 0 Å². The first-order chi connectivity index (χ1) is 9.88. The summed E-state index contributed by atoms with van der Waals surface area (Å²) >= 11 is 0. The monoisotopic (exact) mass is 285 g/mol. The van der Waals surface area contributed by atoms with Crippen LogP contribution in [0.4, 0.5) is 11.8 Å². The molecule has 0 aliphatic carbocycles. The van der Waals surface area contributed by atoms with Gasteiger partial charge in [-0.2, -0.15) is 4.98 Å². The largest absolute Gasteiger partial charge is 0.368 e. The van der Waals surface area contributed by atoms with E-state index < -0.39 is 0 Å². The van der Waals surface area contributed by atoms with Gasteiger partial charge in [0.2, 0.25) is 5.95 Å². The highest BCUT2D eigenvalue weighted by molar-refractivity contribution is 5.91. The molecule has 1 saturated heterocycles. The number of rotatable bonds is 2. The Morgan fingerprint density at radius 1 is 1.24 bits per heavy atom. The van der Waals surface area contributed by atoms with E-state index in [9.17, 15) is 0 Å². The third kappa shape index (κ3) is 2.53. The summed E-state index contributed by atoms with van der Waals surface area (Å²) in [6.07, 6.45) is 0. The number of nitrogens with two attached hydrogens (primary N) is 1. The van der Waals surface area contributed by atoms with Gasteiger partial charge in [0, 0.05) is 24.5 Å². The highest BCUT2D eigenvalue weighted by Crippen LogP contribution is 2.31. The molecule has 2 heterocycles. The molecule has 3 rings (SSSR count). The maximum absolute atomic E-state index is 5.90. The fraction of sp³-hybridized carbons (Fsp3) is 0.500. The topological polar surface area (TPSA) is 67.1 Å². The van der Waals surface area contributed by atoms with Gasteiger partial charge in [0.15, 0.2) is 0 Å². The van der Waals surface area contributed by atoms with Gasteiger partial charge >= 0.3 is 0 Å². The van der Waals surface area contributed by atoms with Crippen molar-refractivity contribution in [3.63, 3.8) is 0 Å². The summed E-state index contributed by atoms with van der Waals surface area (Å²) in [6.45, 7) is 8.53. The van der Waals surface area contributed by atoms with Gasteiger partial charge in [-0.05, 0) is 30.2 Å². The van der Waals surface area contributed by atoms with Crippen molar-refractivity contribution in [2.75, 3.05) is 30.8 Å². The summed E-state index contributed by atoms with van der Waals surface area (Å²) in [6, 6.07) is 6.95. The molecule has 0 radical (unpaired) electrons. The fourth-order valence-corrected chi connectivity index (χ4v) is 2.67. The summed E-state index contributed by atoms with van der Waals surface area (Å²) in [5, 5.41) is 4.35. The van der Waals surface area contributed by atoms with E-state index in [1.165, 1.54) is 5.56 Å². The van der Waals surface area contributed by atoms with Gasteiger partial charge in [-0.3, -0.25) is 0 Å². The molecule has 3 N–H and O–H groups in total. The summed E-state index contributed by atoms with van der Waals surface area (Å²) in [5.74, 6) is 1.29. The van der Waals surface area contributed by atoms with Crippen LogP contribution in [-0.2, 0) is 5.41 Å². The van der Waals surface area contributed by atoms with Crippen molar-refractivity contribution < 1.29 is 0 Å². The van der Waals surface area contributed by atoms with Crippen molar-refractivity contribution in [1.82, 2.24) is 15.3 Å². The highest BCUT2D eigenvalue weighted by Gasteiger charge is 2.28. The zero-order valence-electron chi connectivity index (χ0n) is 13.1. The number of nitrogens with one attached hydrogen (secondary N) is 1. The van der Waals surface area contributed by atoms with Gasteiger partial charge in [-0.15, -0.1) is 0 Å². The third-order valence-electron chi connectivity index (χ3n) is 4.15. The predicted octanol–water partition coefficient (Wildman–Crippen LogP) is 1.92. The lowest BCUT2D eigenvalue weighted by Gasteiger charge is -2.40. The Labute approximate surface area is 125 Å². The molecule has 5 nitrogen and oxygen atoms in total. The normalized spacial score (nSPS) is 16.3. The van der Waals surface area contributed by atoms with Crippen LogP contribution in [0, 0.1) is 0 Å². The number of nitrogens with zero attached hydrogens (tertiary/aromatic N) is 3. The molecule has 5 heteroatoms. The number of nitrogen functional groups attached to an aromatic ring is 1. The molecule has 112 valence electrons. The lowest BCUT2D eigenvalue weighted by atomic mass is 9.86. The average molecular weight is 285 g/mol. The first kappa shape index (κ1) is 14.1. The standard InChI is InChI=1S/C16H23N5/c1-16(2,3)10-5-6-12-13(7-10)19-15(17)20-14(12)21-8-11(9-21)18-4/h5-7,11,18H,8-9H2,1-4H3,(H2,17,19,20). The number of benzene rings is 1. The van der Waals surface area contributed by atoms with Crippen molar-refractivity contribution in [3.8, 4) is 0 Å². The van der Waals surface area contributed by atoms with E-state index in [-0.39, 0.29) is 5.41 Å². The number of likely N-dealkylation sites (N-methyl/N-ethyl adjacent to an activating group) is 1. The summed E-state index contributed by atoms with van der Waals surface area (Å²) < 4.78 is 0. The highest BCUT2D eigenvalue weighted by atomic mass is 15.3. The van der Waals surface area contributed by atoms with Crippen molar-refractivity contribution >= 4 is 22.7 Å². The van der Waals surface area contributed by atoms with Crippen molar-refractivity contribution in [3.05, 3.63) is 23.8 Å². The van der Waals surface area contributed by atoms with E-state index in [1.54, 1.807) is 0 Å². The van der Waals surface area contributed by atoms with Gasteiger partial charge in [-0.1, -0.05) is 26.8 Å². The smallest absolute Gasteiger partial charge is 0.222 e. The second kappa shape index (κ2) is 4.84. The van der Waals surface area contributed by atoms with Crippen LogP contribution in [0.3, 0.4) is 0 Å². The van der Waals surface area contributed by atoms with Gasteiger partial charge in [0.1, 0.15) is 5.82 Å². The SMILES string of the molecule is CNC1CN(c2nc(N)nc3cc(C(C)(C)C)ccc23)C1. The van der Waals surface area contributed by atoms with Crippen LogP contribution in [-0.4, -0.2) is 36.1 Å². The number of aromatic nitrogens is 2. The van der Waals surface area contributed by atoms with E-state index in [0.717, 1.165) is 29.8 Å². The van der Waals surface area contributed by atoms with Crippen LogP contribution in [0.25, 0.3) is 10.9 Å². The number of anilines is 2. The Morgan fingerprint density at radius 2 is 1.95 bits per heavy atom. The third-order valence-corrected chi connectivity index (χ3v) is 4.15. The molecule has 1 aromatic carbocycles. The molecule has 1 fully saturated rings. The molecule has 2 aromatic rings. The molecule has 21 heavy (non-hydrogen) atoms. The second-order valence-corrected chi connectivity index (χ2v) is 6.78. The van der Waals surface area contributed by atoms with E-state index in [0.29, 0.717) is 12.0 Å². The molecule has 0 atom stereocenters. The molecule has 0 unspecified atom stereocenters. The molecular weight excluding hydrogens is 262 g/mol. The maximum atomic E-state index is 5.90. The molecule has 0 saturated carbocycles. The Hall–Kier alpha value is -1.88. The maximum Gasteiger partial charge on any atom is 0.222 e.